The Morgan fingerprint density at radius 2 is 2.10 bits per heavy atom. The van der Waals surface area contributed by atoms with Crippen molar-refractivity contribution >= 4 is 11.4 Å². The number of phenolic OH excluding ortho intramolecular Hbond substituents is 1. The average Bonchev–Trinajstić information content (AvgIpc) is 2.47. The van der Waals surface area contributed by atoms with E-state index in [0.29, 0.717) is 29.1 Å². The number of anilines is 1. The third-order valence-corrected chi connectivity index (χ3v) is 3.26. The molecule has 0 aliphatic carbocycles. The fraction of sp³-hybridized carbons (Fsp3) is 0.200. The lowest BCUT2D eigenvalue weighted by Crippen LogP contribution is -2.03. The van der Waals surface area contributed by atoms with Crippen molar-refractivity contribution in [2.24, 2.45) is 0 Å². The molecular formula is C15H16N2O4. The number of benzene rings is 2. The van der Waals surface area contributed by atoms with E-state index in [-0.39, 0.29) is 11.4 Å². The highest BCUT2D eigenvalue weighted by Crippen LogP contribution is 2.27. The second-order valence-corrected chi connectivity index (χ2v) is 4.56. The van der Waals surface area contributed by atoms with Crippen LogP contribution < -0.4 is 10.1 Å². The van der Waals surface area contributed by atoms with E-state index in [1.165, 1.54) is 6.07 Å². The van der Waals surface area contributed by atoms with Crippen molar-refractivity contribution in [2.75, 3.05) is 12.4 Å². The monoisotopic (exact) mass is 288 g/mol. The van der Waals surface area contributed by atoms with Crippen molar-refractivity contribution in [1.29, 1.82) is 0 Å². The molecule has 0 spiro atoms. The predicted octanol–water partition coefficient (Wildman–Crippen LogP) is 3.23. The first-order valence-corrected chi connectivity index (χ1v) is 6.36. The van der Waals surface area contributed by atoms with Gasteiger partial charge in [-0.25, -0.2) is 0 Å². The van der Waals surface area contributed by atoms with Gasteiger partial charge in [0, 0.05) is 29.4 Å². The fourth-order valence-electron chi connectivity index (χ4n) is 2.03. The fourth-order valence-corrected chi connectivity index (χ4v) is 2.03. The maximum atomic E-state index is 10.9. The molecule has 6 heteroatoms. The number of methoxy groups -OCH3 is 1. The summed E-state index contributed by atoms with van der Waals surface area (Å²) in [5.74, 6) is 0.784. The van der Waals surface area contributed by atoms with Crippen LogP contribution in [0.5, 0.6) is 11.5 Å². The average molecular weight is 288 g/mol. The Kier molecular flexibility index (Phi) is 4.27. The van der Waals surface area contributed by atoms with Gasteiger partial charge in [0.25, 0.3) is 5.69 Å². The van der Waals surface area contributed by atoms with Gasteiger partial charge in [0.15, 0.2) is 0 Å². The summed E-state index contributed by atoms with van der Waals surface area (Å²) in [7, 11) is 1.55. The zero-order chi connectivity index (χ0) is 15.4. The second kappa shape index (κ2) is 6.13. The third kappa shape index (κ3) is 3.22. The number of phenols is 1. The normalized spacial score (nSPS) is 10.2. The Balaban J connectivity index is 2.21. The number of aromatic hydroxyl groups is 1. The molecule has 0 aliphatic heterocycles. The second-order valence-electron chi connectivity index (χ2n) is 4.56. The van der Waals surface area contributed by atoms with E-state index in [9.17, 15) is 15.2 Å². The maximum absolute atomic E-state index is 10.9. The summed E-state index contributed by atoms with van der Waals surface area (Å²) in [6.07, 6.45) is 0. The molecule has 0 atom stereocenters. The maximum Gasteiger partial charge on any atom is 0.274 e. The van der Waals surface area contributed by atoms with Gasteiger partial charge >= 0.3 is 0 Å². The summed E-state index contributed by atoms with van der Waals surface area (Å²) in [4.78, 5) is 10.5. The van der Waals surface area contributed by atoms with Crippen molar-refractivity contribution < 1.29 is 14.8 Å². The van der Waals surface area contributed by atoms with Crippen LogP contribution in [0, 0.1) is 17.0 Å². The lowest BCUT2D eigenvalue weighted by atomic mass is 10.1. The lowest BCUT2D eigenvalue weighted by molar-refractivity contribution is -0.385. The third-order valence-electron chi connectivity index (χ3n) is 3.26. The lowest BCUT2D eigenvalue weighted by Gasteiger charge is -2.11. The summed E-state index contributed by atoms with van der Waals surface area (Å²) in [6.45, 7) is 2.02. The molecule has 0 saturated carbocycles. The number of nitro groups is 1. The summed E-state index contributed by atoms with van der Waals surface area (Å²) in [5, 5.41) is 23.8. The van der Waals surface area contributed by atoms with Crippen LogP contribution in [0.25, 0.3) is 0 Å². The molecule has 0 bridgehead atoms. The Labute approximate surface area is 122 Å². The van der Waals surface area contributed by atoms with E-state index in [1.54, 1.807) is 44.4 Å². The molecule has 0 radical (unpaired) electrons. The van der Waals surface area contributed by atoms with Gasteiger partial charge in [0.05, 0.1) is 12.0 Å². The van der Waals surface area contributed by atoms with Gasteiger partial charge < -0.3 is 15.2 Å². The van der Waals surface area contributed by atoms with Crippen LogP contribution in [-0.2, 0) is 6.54 Å². The minimum atomic E-state index is -0.413. The SMILES string of the molecule is COc1ccc(O)c(CNc2cccc([N+](=O)[O-])c2C)c1. The van der Waals surface area contributed by atoms with Crippen molar-refractivity contribution in [2.45, 2.75) is 13.5 Å². The molecule has 21 heavy (non-hydrogen) atoms. The van der Waals surface area contributed by atoms with Crippen LogP contribution >= 0.6 is 0 Å². The molecule has 2 rings (SSSR count). The summed E-state index contributed by atoms with van der Waals surface area (Å²) >= 11 is 0. The number of nitrogens with zero attached hydrogens (tertiary/aromatic N) is 1. The highest BCUT2D eigenvalue weighted by molar-refractivity contribution is 5.60. The van der Waals surface area contributed by atoms with Gasteiger partial charge in [-0.2, -0.15) is 0 Å². The summed E-state index contributed by atoms with van der Waals surface area (Å²) in [6, 6.07) is 9.78. The first-order valence-electron chi connectivity index (χ1n) is 6.36. The first-order chi connectivity index (χ1) is 10.0. The Hall–Kier alpha value is -2.76. The molecule has 0 aromatic heterocycles. The van der Waals surface area contributed by atoms with Crippen LogP contribution in [0.15, 0.2) is 36.4 Å². The van der Waals surface area contributed by atoms with E-state index in [0.717, 1.165) is 0 Å². The molecule has 6 nitrogen and oxygen atoms in total. The first kappa shape index (κ1) is 14.6. The summed E-state index contributed by atoms with van der Waals surface area (Å²) in [5.41, 5.74) is 1.94. The number of hydrogen-bond acceptors (Lipinski definition) is 5. The summed E-state index contributed by atoms with van der Waals surface area (Å²) < 4.78 is 5.11. The van der Waals surface area contributed by atoms with Gasteiger partial charge in [-0.3, -0.25) is 10.1 Å². The zero-order valence-electron chi connectivity index (χ0n) is 11.8. The topological polar surface area (TPSA) is 84.6 Å². The number of nitro benzene ring substituents is 1. The Bertz CT molecular complexity index is 671. The van der Waals surface area contributed by atoms with E-state index in [1.807, 2.05) is 0 Å². The largest absolute Gasteiger partial charge is 0.508 e. The molecule has 2 aromatic rings. The van der Waals surface area contributed by atoms with Gasteiger partial charge in [-0.05, 0) is 31.2 Å². The molecule has 0 saturated heterocycles. The van der Waals surface area contributed by atoms with E-state index >= 15 is 0 Å². The van der Waals surface area contributed by atoms with E-state index < -0.39 is 4.92 Å². The minimum Gasteiger partial charge on any atom is -0.508 e. The molecule has 0 amide bonds. The molecular weight excluding hydrogens is 272 g/mol. The van der Waals surface area contributed by atoms with Crippen molar-refractivity contribution in [3.8, 4) is 11.5 Å². The smallest absolute Gasteiger partial charge is 0.274 e. The number of hydrogen-bond donors (Lipinski definition) is 2. The molecule has 0 aliphatic rings. The van der Waals surface area contributed by atoms with Crippen LogP contribution in [0.2, 0.25) is 0 Å². The zero-order valence-corrected chi connectivity index (χ0v) is 11.8. The standard InChI is InChI=1S/C15H16N2O4/c1-10-13(4-3-5-14(10)17(19)20)16-9-11-8-12(21-2)6-7-15(11)18/h3-8,16,18H,9H2,1-2H3. The van der Waals surface area contributed by atoms with Crippen LogP contribution in [0.1, 0.15) is 11.1 Å². The molecule has 2 N–H and O–H groups in total. The Morgan fingerprint density at radius 3 is 2.76 bits per heavy atom. The molecule has 0 fully saturated rings. The number of rotatable bonds is 5. The Morgan fingerprint density at radius 1 is 1.33 bits per heavy atom. The van der Waals surface area contributed by atoms with Gasteiger partial charge in [-0.1, -0.05) is 6.07 Å². The highest BCUT2D eigenvalue weighted by atomic mass is 16.6. The predicted molar refractivity (Wildman–Crippen MR) is 79.8 cm³/mol. The molecule has 2 aromatic carbocycles. The van der Waals surface area contributed by atoms with Crippen LogP contribution in [-0.4, -0.2) is 17.1 Å². The minimum absolute atomic E-state index is 0.0647. The van der Waals surface area contributed by atoms with Gasteiger partial charge in [0.1, 0.15) is 11.5 Å². The van der Waals surface area contributed by atoms with Gasteiger partial charge in [-0.15, -0.1) is 0 Å². The van der Waals surface area contributed by atoms with Crippen molar-refractivity contribution in [3.05, 3.63) is 57.6 Å². The van der Waals surface area contributed by atoms with Crippen molar-refractivity contribution in [3.63, 3.8) is 0 Å². The van der Waals surface area contributed by atoms with E-state index in [4.69, 9.17) is 4.74 Å². The van der Waals surface area contributed by atoms with Crippen molar-refractivity contribution in [1.82, 2.24) is 0 Å². The molecule has 110 valence electrons. The number of nitrogens with one attached hydrogen (secondary N) is 1. The number of ether oxygens (including phenoxy) is 1. The molecule has 0 unspecified atom stereocenters. The quantitative estimate of drug-likeness (QED) is 0.651. The van der Waals surface area contributed by atoms with Crippen LogP contribution in [0.4, 0.5) is 11.4 Å². The van der Waals surface area contributed by atoms with Gasteiger partial charge in [0.2, 0.25) is 0 Å². The van der Waals surface area contributed by atoms with E-state index in [2.05, 4.69) is 5.32 Å². The van der Waals surface area contributed by atoms with Crippen LogP contribution in [0.3, 0.4) is 0 Å². The highest BCUT2D eigenvalue weighted by Gasteiger charge is 2.13. The molecule has 0 heterocycles.